The van der Waals surface area contributed by atoms with Crippen molar-refractivity contribution >= 4 is 17.1 Å². The van der Waals surface area contributed by atoms with Gasteiger partial charge < -0.3 is 14.8 Å². The summed E-state index contributed by atoms with van der Waals surface area (Å²) in [7, 11) is 1.64. The molecule has 9 heteroatoms. The minimum atomic E-state index is 0.378. The van der Waals surface area contributed by atoms with E-state index in [0.29, 0.717) is 23.3 Å². The van der Waals surface area contributed by atoms with Crippen molar-refractivity contribution < 1.29 is 9.47 Å². The maximum absolute atomic E-state index is 5.65. The second kappa shape index (κ2) is 6.66. The zero-order valence-electron chi connectivity index (χ0n) is 16.8. The van der Waals surface area contributed by atoms with Gasteiger partial charge in [0, 0.05) is 35.0 Å². The molecule has 0 radical (unpaired) electrons. The summed E-state index contributed by atoms with van der Waals surface area (Å²) in [4.78, 5) is 8.87. The predicted molar refractivity (Wildman–Crippen MR) is 111 cm³/mol. The molecule has 1 saturated heterocycles. The van der Waals surface area contributed by atoms with Crippen LogP contribution in [0.15, 0.2) is 36.9 Å². The van der Waals surface area contributed by atoms with Crippen LogP contribution in [0.2, 0.25) is 0 Å². The Morgan fingerprint density at radius 2 is 2.03 bits per heavy atom. The van der Waals surface area contributed by atoms with Gasteiger partial charge in [-0.3, -0.25) is 0 Å². The molecule has 2 aliphatic rings. The Labute approximate surface area is 173 Å². The van der Waals surface area contributed by atoms with Gasteiger partial charge in [-0.05, 0) is 43.9 Å². The van der Waals surface area contributed by atoms with E-state index in [1.165, 1.54) is 12.8 Å². The first-order chi connectivity index (χ1) is 14.7. The first-order valence-electron chi connectivity index (χ1n) is 10.3. The maximum atomic E-state index is 5.65. The smallest absolute Gasteiger partial charge is 0.244 e. The lowest BCUT2D eigenvalue weighted by atomic mass is 9.71. The SMILES string of the molecule is COc1nc(NC2CCC3(CC2)COC3)nn2ccc(-c3ccc4ncnn4c3)c12. The number of aromatic nitrogens is 6. The Hall–Kier alpha value is -3.20. The molecule has 1 saturated carbocycles. The third-order valence-corrected chi connectivity index (χ3v) is 6.45. The van der Waals surface area contributed by atoms with Crippen LogP contribution in [0.25, 0.3) is 22.3 Å². The summed E-state index contributed by atoms with van der Waals surface area (Å²) in [6, 6.07) is 6.36. The van der Waals surface area contributed by atoms with E-state index in [-0.39, 0.29) is 0 Å². The van der Waals surface area contributed by atoms with Gasteiger partial charge in [0.05, 0.1) is 20.3 Å². The Morgan fingerprint density at radius 3 is 2.80 bits per heavy atom. The molecule has 30 heavy (non-hydrogen) atoms. The zero-order chi connectivity index (χ0) is 20.1. The number of rotatable bonds is 4. The van der Waals surface area contributed by atoms with Crippen molar-refractivity contribution in [2.75, 3.05) is 25.6 Å². The lowest BCUT2D eigenvalue weighted by molar-refractivity contribution is -0.131. The van der Waals surface area contributed by atoms with Crippen molar-refractivity contribution in [3.05, 3.63) is 36.9 Å². The minimum absolute atomic E-state index is 0.378. The summed E-state index contributed by atoms with van der Waals surface area (Å²) in [5.41, 5.74) is 4.05. The summed E-state index contributed by atoms with van der Waals surface area (Å²) in [5.74, 6) is 1.14. The summed E-state index contributed by atoms with van der Waals surface area (Å²) < 4.78 is 14.7. The molecule has 0 unspecified atom stereocenters. The molecule has 0 atom stereocenters. The van der Waals surface area contributed by atoms with Gasteiger partial charge in [0.2, 0.25) is 11.8 Å². The maximum Gasteiger partial charge on any atom is 0.244 e. The van der Waals surface area contributed by atoms with E-state index in [9.17, 15) is 0 Å². The van der Waals surface area contributed by atoms with Gasteiger partial charge in [-0.25, -0.2) is 14.0 Å². The highest BCUT2D eigenvalue weighted by Gasteiger charge is 2.41. The Balaban J connectivity index is 1.31. The molecule has 4 aromatic heterocycles. The molecule has 1 aliphatic carbocycles. The molecule has 154 valence electrons. The zero-order valence-corrected chi connectivity index (χ0v) is 16.8. The number of anilines is 1. The molecule has 4 aromatic rings. The quantitative estimate of drug-likeness (QED) is 0.558. The van der Waals surface area contributed by atoms with Crippen LogP contribution < -0.4 is 10.1 Å². The normalized spacial score (nSPS) is 18.7. The fraction of sp³-hybridized carbons (Fsp3) is 0.429. The molecule has 0 bridgehead atoms. The molecule has 1 aliphatic heterocycles. The average molecular weight is 405 g/mol. The van der Waals surface area contributed by atoms with Gasteiger partial charge in [0.15, 0.2) is 5.65 Å². The standard InChI is InChI=1S/C21H23N7O2/c1-29-19-18-16(14-2-3-17-22-13-23-28(17)10-14)6-9-27(18)26-20(25-19)24-15-4-7-21(8-5-15)11-30-12-21/h2-3,6,9-10,13,15H,4-5,7-8,11-12H2,1H3,(H,24,26). The molecular formula is C21H23N7O2. The van der Waals surface area contributed by atoms with Crippen LogP contribution in [0.5, 0.6) is 5.88 Å². The summed E-state index contributed by atoms with van der Waals surface area (Å²) >= 11 is 0. The number of pyridine rings is 1. The van der Waals surface area contributed by atoms with E-state index in [2.05, 4.69) is 20.4 Å². The van der Waals surface area contributed by atoms with Crippen molar-refractivity contribution in [3.63, 3.8) is 0 Å². The molecule has 5 heterocycles. The molecule has 0 aromatic carbocycles. The molecule has 2 fully saturated rings. The van der Waals surface area contributed by atoms with Crippen molar-refractivity contribution in [2.45, 2.75) is 31.7 Å². The first-order valence-corrected chi connectivity index (χ1v) is 10.3. The van der Waals surface area contributed by atoms with Crippen LogP contribution in [0.3, 0.4) is 0 Å². The number of nitrogens with zero attached hydrogens (tertiary/aromatic N) is 6. The van der Waals surface area contributed by atoms with Crippen LogP contribution in [-0.2, 0) is 4.74 Å². The molecule has 0 amide bonds. The third-order valence-electron chi connectivity index (χ3n) is 6.45. The molecule has 6 rings (SSSR count). The fourth-order valence-electron chi connectivity index (χ4n) is 4.64. The molecule has 1 N–H and O–H groups in total. The summed E-state index contributed by atoms with van der Waals surface area (Å²) in [6.45, 7) is 1.84. The number of hydrogen-bond donors (Lipinski definition) is 1. The van der Waals surface area contributed by atoms with Gasteiger partial charge in [-0.2, -0.15) is 10.1 Å². The van der Waals surface area contributed by atoms with Gasteiger partial charge in [-0.1, -0.05) is 0 Å². The van der Waals surface area contributed by atoms with E-state index in [0.717, 1.165) is 48.3 Å². The summed E-state index contributed by atoms with van der Waals surface area (Å²) in [5, 5.41) is 12.4. The van der Waals surface area contributed by atoms with E-state index in [1.807, 2.05) is 35.1 Å². The van der Waals surface area contributed by atoms with Crippen LogP contribution in [-0.4, -0.2) is 55.6 Å². The molecule has 1 spiro atoms. The Bertz CT molecular complexity index is 1220. The fourth-order valence-corrected chi connectivity index (χ4v) is 4.64. The van der Waals surface area contributed by atoms with Crippen LogP contribution >= 0.6 is 0 Å². The van der Waals surface area contributed by atoms with E-state index in [4.69, 9.17) is 14.6 Å². The Morgan fingerprint density at radius 1 is 1.17 bits per heavy atom. The van der Waals surface area contributed by atoms with Crippen molar-refractivity contribution in [2.24, 2.45) is 5.41 Å². The van der Waals surface area contributed by atoms with Gasteiger partial charge in [0.25, 0.3) is 0 Å². The largest absolute Gasteiger partial charge is 0.479 e. The monoisotopic (exact) mass is 405 g/mol. The molecular weight excluding hydrogens is 382 g/mol. The van der Waals surface area contributed by atoms with Crippen LogP contribution in [0, 0.1) is 5.41 Å². The van der Waals surface area contributed by atoms with Crippen LogP contribution in [0.1, 0.15) is 25.7 Å². The second-order valence-electron chi connectivity index (χ2n) is 8.36. The first kappa shape index (κ1) is 17.6. The number of ether oxygens (including phenoxy) is 2. The minimum Gasteiger partial charge on any atom is -0.479 e. The lowest BCUT2D eigenvalue weighted by Gasteiger charge is -2.46. The highest BCUT2D eigenvalue weighted by molar-refractivity contribution is 5.84. The second-order valence-corrected chi connectivity index (χ2v) is 8.36. The van der Waals surface area contributed by atoms with Gasteiger partial charge >= 0.3 is 0 Å². The van der Waals surface area contributed by atoms with E-state index < -0.39 is 0 Å². The lowest BCUT2D eigenvalue weighted by Crippen LogP contribution is -2.47. The van der Waals surface area contributed by atoms with Crippen LogP contribution in [0.4, 0.5) is 5.95 Å². The van der Waals surface area contributed by atoms with Crippen molar-refractivity contribution in [1.82, 2.24) is 29.2 Å². The molecule has 9 nitrogen and oxygen atoms in total. The highest BCUT2D eigenvalue weighted by Crippen LogP contribution is 2.42. The topological polar surface area (TPSA) is 90.9 Å². The average Bonchev–Trinajstić information content (AvgIpc) is 3.39. The Kier molecular flexibility index (Phi) is 3.92. The van der Waals surface area contributed by atoms with E-state index in [1.54, 1.807) is 18.0 Å². The van der Waals surface area contributed by atoms with E-state index >= 15 is 0 Å². The number of nitrogens with one attached hydrogen (secondary N) is 1. The highest BCUT2D eigenvalue weighted by atomic mass is 16.5. The van der Waals surface area contributed by atoms with Crippen molar-refractivity contribution in [3.8, 4) is 17.0 Å². The predicted octanol–water partition coefficient (Wildman–Crippen LogP) is 2.82. The van der Waals surface area contributed by atoms with Crippen molar-refractivity contribution in [1.29, 1.82) is 0 Å². The van der Waals surface area contributed by atoms with Gasteiger partial charge in [-0.15, -0.1) is 5.10 Å². The number of fused-ring (bicyclic) bond motifs is 2. The number of methoxy groups -OCH3 is 1. The van der Waals surface area contributed by atoms with Gasteiger partial charge in [0.1, 0.15) is 11.8 Å². The number of hydrogen-bond acceptors (Lipinski definition) is 7. The third kappa shape index (κ3) is 2.80. The summed E-state index contributed by atoms with van der Waals surface area (Å²) in [6.07, 6.45) is 10.1.